The van der Waals surface area contributed by atoms with Crippen molar-refractivity contribution >= 4 is 35.1 Å². The van der Waals surface area contributed by atoms with E-state index < -0.39 is 0 Å². The second kappa shape index (κ2) is 4.25. The van der Waals surface area contributed by atoms with E-state index in [0.29, 0.717) is 5.25 Å². The van der Waals surface area contributed by atoms with Crippen LogP contribution in [0.2, 0.25) is 0 Å². The summed E-state index contributed by atoms with van der Waals surface area (Å²) in [5, 5.41) is 4.94. The van der Waals surface area contributed by atoms with Crippen LogP contribution in [0.4, 0.5) is 0 Å². The van der Waals surface area contributed by atoms with Crippen LogP contribution in [0.3, 0.4) is 0 Å². The standard InChI is InChI=1S/C10H16N4S2/c1-6(16-4)5-14-9-8(11-10(14)15)7(2)12-13(9)3/h6H,5H2,1-4H3,(H,11,15). The number of aryl methyl sites for hydroxylation is 2. The lowest BCUT2D eigenvalue weighted by Crippen LogP contribution is -2.11. The van der Waals surface area contributed by atoms with E-state index in [-0.39, 0.29) is 0 Å². The molecule has 0 radical (unpaired) electrons. The SMILES string of the molecule is CSC(C)Cn1c(=S)[nH]c2c(C)nn(C)c21. The van der Waals surface area contributed by atoms with E-state index in [1.54, 1.807) is 0 Å². The van der Waals surface area contributed by atoms with E-state index in [9.17, 15) is 0 Å². The molecule has 0 aliphatic heterocycles. The minimum Gasteiger partial charge on any atom is -0.328 e. The number of hydrogen-bond donors (Lipinski definition) is 1. The highest BCUT2D eigenvalue weighted by molar-refractivity contribution is 7.99. The van der Waals surface area contributed by atoms with Crippen molar-refractivity contribution in [3.8, 4) is 0 Å². The van der Waals surface area contributed by atoms with Crippen LogP contribution in [0.25, 0.3) is 11.2 Å². The summed E-state index contributed by atoms with van der Waals surface area (Å²) in [6, 6.07) is 0. The molecule has 0 aromatic carbocycles. The molecule has 1 N–H and O–H groups in total. The van der Waals surface area contributed by atoms with E-state index in [2.05, 4.69) is 27.8 Å². The molecule has 2 rings (SSSR count). The van der Waals surface area contributed by atoms with Gasteiger partial charge in [0.1, 0.15) is 5.52 Å². The summed E-state index contributed by atoms with van der Waals surface area (Å²) in [7, 11) is 1.96. The number of nitrogens with one attached hydrogen (secondary N) is 1. The number of aromatic amines is 1. The van der Waals surface area contributed by atoms with Gasteiger partial charge in [-0.15, -0.1) is 0 Å². The van der Waals surface area contributed by atoms with Crippen LogP contribution >= 0.6 is 24.0 Å². The van der Waals surface area contributed by atoms with Crippen LogP contribution in [0.15, 0.2) is 0 Å². The highest BCUT2D eigenvalue weighted by Gasteiger charge is 2.13. The second-order valence-corrected chi connectivity index (χ2v) is 5.66. The Morgan fingerprint density at radius 2 is 2.25 bits per heavy atom. The molecule has 2 aromatic heterocycles. The molecule has 0 fully saturated rings. The van der Waals surface area contributed by atoms with Crippen molar-refractivity contribution in [2.75, 3.05) is 6.26 Å². The zero-order chi connectivity index (χ0) is 11.9. The van der Waals surface area contributed by atoms with Gasteiger partial charge >= 0.3 is 0 Å². The number of hydrogen-bond acceptors (Lipinski definition) is 3. The Bertz CT molecular complexity index is 563. The third-order valence-corrected chi connectivity index (χ3v) is 4.04. The van der Waals surface area contributed by atoms with Crippen molar-refractivity contribution in [3.05, 3.63) is 10.5 Å². The molecule has 1 unspecified atom stereocenters. The number of rotatable bonds is 3. The van der Waals surface area contributed by atoms with Crippen molar-refractivity contribution in [1.29, 1.82) is 0 Å². The fraction of sp³-hybridized carbons (Fsp3) is 0.600. The number of nitrogens with zero attached hydrogens (tertiary/aromatic N) is 3. The van der Waals surface area contributed by atoms with Gasteiger partial charge in [-0.1, -0.05) is 6.92 Å². The normalized spacial score (nSPS) is 13.5. The Hall–Kier alpha value is -0.750. The number of thioether (sulfide) groups is 1. The third-order valence-electron chi connectivity index (χ3n) is 2.77. The van der Waals surface area contributed by atoms with Gasteiger partial charge in [-0.3, -0.25) is 4.68 Å². The first kappa shape index (κ1) is 11.7. The van der Waals surface area contributed by atoms with Gasteiger partial charge in [0.25, 0.3) is 0 Å². The molecule has 2 heterocycles. The summed E-state index contributed by atoms with van der Waals surface area (Å²) in [6.07, 6.45) is 2.12. The van der Waals surface area contributed by atoms with Crippen LogP contribution in [-0.4, -0.2) is 30.8 Å². The molecule has 2 aromatic rings. The minimum absolute atomic E-state index is 0.543. The Balaban J connectivity index is 2.59. The maximum atomic E-state index is 5.35. The molecule has 88 valence electrons. The van der Waals surface area contributed by atoms with Crippen molar-refractivity contribution in [2.45, 2.75) is 25.6 Å². The van der Waals surface area contributed by atoms with Gasteiger partial charge in [-0.25, -0.2) is 0 Å². The molecule has 0 spiro atoms. The molecular formula is C10H16N4S2. The van der Waals surface area contributed by atoms with Crippen molar-refractivity contribution < 1.29 is 0 Å². The van der Waals surface area contributed by atoms with E-state index >= 15 is 0 Å². The smallest absolute Gasteiger partial charge is 0.179 e. The molecular weight excluding hydrogens is 240 g/mol. The molecule has 0 saturated heterocycles. The molecule has 0 bridgehead atoms. The summed E-state index contributed by atoms with van der Waals surface area (Å²) >= 11 is 7.19. The Labute approximate surface area is 104 Å². The van der Waals surface area contributed by atoms with Crippen molar-refractivity contribution in [2.24, 2.45) is 7.05 Å². The van der Waals surface area contributed by atoms with Crippen molar-refractivity contribution in [1.82, 2.24) is 19.3 Å². The van der Waals surface area contributed by atoms with Crippen LogP contribution in [0, 0.1) is 11.7 Å². The van der Waals surface area contributed by atoms with Crippen LogP contribution in [0.1, 0.15) is 12.6 Å². The minimum atomic E-state index is 0.543. The molecule has 6 heteroatoms. The number of aromatic nitrogens is 4. The Morgan fingerprint density at radius 3 is 2.88 bits per heavy atom. The topological polar surface area (TPSA) is 38.5 Å². The molecule has 0 amide bonds. The fourth-order valence-corrected chi connectivity index (χ4v) is 2.43. The number of H-pyrrole nitrogens is 1. The summed E-state index contributed by atoms with van der Waals surface area (Å²) in [4.78, 5) is 3.23. The summed E-state index contributed by atoms with van der Waals surface area (Å²) in [6.45, 7) is 5.11. The van der Waals surface area contributed by atoms with Gasteiger partial charge < -0.3 is 9.55 Å². The van der Waals surface area contributed by atoms with E-state index in [1.165, 1.54) is 0 Å². The fourth-order valence-electron chi connectivity index (χ4n) is 1.87. The summed E-state index contributed by atoms with van der Waals surface area (Å²) in [5.41, 5.74) is 3.14. The Morgan fingerprint density at radius 1 is 1.56 bits per heavy atom. The van der Waals surface area contributed by atoms with E-state index in [0.717, 1.165) is 28.2 Å². The quantitative estimate of drug-likeness (QED) is 0.858. The Kier molecular flexibility index (Phi) is 3.12. The van der Waals surface area contributed by atoms with Gasteiger partial charge in [0.05, 0.1) is 5.69 Å². The zero-order valence-corrected chi connectivity index (χ0v) is 11.6. The van der Waals surface area contributed by atoms with Gasteiger partial charge in [-0.05, 0) is 25.4 Å². The average Bonchev–Trinajstić information content (AvgIpc) is 2.68. The lowest BCUT2D eigenvalue weighted by Gasteiger charge is -2.09. The molecule has 1 atom stereocenters. The highest BCUT2D eigenvalue weighted by Crippen LogP contribution is 2.19. The van der Waals surface area contributed by atoms with Gasteiger partial charge in [0.15, 0.2) is 10.4 Å². The molecule has 0 aliphatic rings. The molecule has 0 aliphatic carbocycles. The lowest BCUT2D eigenvalue weighted by atomic mass is 10.4. The van der Waals surface area contributed by atoms with E-state index in [1.807, 2.05) is 30.4 Å². The molecule has 4 nitrogen and oxygen atoms in total. The lowest BCUT2D eigenvalue weighted by molar-refractivity contribution is 0.662. The maximum Gasteiger partial charge on any atom is 0.179 e. The predicted molar refractivity (Wildman–Crippen MR) is 71.6 cm³/mol. The monoisotopic (exact) mass is 256 g/mol. The largest absolute Gasteiger partial charge is 0.328 e. The first-order valence-electron chi connectivity index (χ1n) is 5.19. The second-order valence-electron chi connectivity index (χ2n) is 3.99. The molecule has 16 heavy (non-hydrogen) atoms. The van der Waals surface area contributed by atoms with Crippen LogP contribution in [-0.2, 0) is 13.6 Å². The average molecular weight is 256 g/mol. The summed E-state index contributed by atoms with van der Waals surface area (Å²) in [5.74, 6) is 0. The van der Waals surface area contributed by atoms with Gasteiger partial charge in [-0.2, -0.15) is 16.9 Å². The van der Waals surface area contributed by atoms with Gasteiger partial charge in [0, 0.05) is 18.8 Å². The summed E-state index contributed by atoms with van der Waals surface area (Å²) < 4.78 is 4.81. The zero-order valence-electron chi connectivity index (χ0n) is 9.94. The predicted octanol–water partition coefficient (Wildman–Crippen LogP) is 2.49. The van der Waals surface area contributed by atoms with Crippen LogP contribution < -0.4 is 0 Å². The molecule has 0 saturated carbocycles. The first-order chi connectivity index (χ1) is 7.54. The number of imidazole rings is 1. The third kappa shape index (κ3) is 1.80. The highest BCUT2D eigenvalue weighted by atomic mass is 32.2. The van der Waals surface area contributed by atoms with Crippen molar-refractivity contribution in [3.63, 3.8) is 0 Å². The maximum absolute atomic E-state index is 5.35. The van der Waals surface area contributed by atoms with Crippen LogP contribution in [0.5, 0.6) is 0 Å². The first-order valence-corrected chi connectivity index (χ1v) is 6.89. The number of fused-ring (bicyclic) bond motifs is 1. The van der Waals surface area contributed by atoms with Gasteiger partial charge in [0.2, 0.25) is 0 Å². The van der Waals surface area contributed by atoms with E-state index in [4.69, 9.17) is 12.2 Å².